The average molecular weight is 184 g/mol. The molecule has 0 aromatic rings. The third kappa shape index (κ3) is 1.29. The van der Waals surface area contributed by atoms with Crippen molar-refractivity contribution in [3.8, 4) is 0 Å². The number of fused-ring (bicyclic) bond motifs is 1. The van der Waals surface area contributed by atoms with E-state index < -0.39 is 6.17 Å². The molecule has 1 saturated carbocycles. The van der Waals surface area contributed by atoms with Crippen LogP contribution in [0.25, 0.3) is 0 Å². The van der Waals surface area contributed by atoms with E-state index in [0.29, 0.717) is 6.54 Å². The van der Waals surface area contributed by atoms with Crippen LogP contribution in [0.3, 0.4) is 0 Å². The number of likely N-dealkylation sites (tertiary alicyclic amines) is 1. The molecule has 0 aromatic carbocycles. The van der Waals surface area contributed by atoms with Gasteiger partial charge in [0.05, 0.1) is 0 Å². The molecule has 1 aliphatic carbocycles. The Bertz CT molecular complexity index is 195. The highest BCUT2D eigenvalue weighted by Crippen LogP contribution is 2.40. The molecule has 2 bridgehead atoms. The lowest BCUT2D eigenvalue weighted by Gasteiger charge is -2.37. The zero-order chi connectivity index (χ0) is 8.84. The largest absolute Gasteiger partial charge is 0.313 e. The Hall–Kier alpha value is -0.150. The number of nitrogens with one attached hydrogen (secondary N) is 1. The lowest BCUT2D eigenvalue weighted by Crippen LogP contribution is -2.44. The first-order chi connectivity index (χ1) is 6.33. The molecular weight excluding hydrogens is 167 g/mol. The lowest BCUT2D eigenvalue weighted by molar-refractivity contribution is 0.143. The Balaban J connectivity index is 1.53. The molecule has 0 aromatic heterocycles. The van der Waals surface area contributed by atoms with E-state index >= 15 is 0 Å². The molecule has 1 N–H and O–H groups in total. The quantitative estimate of drug-likeness (QED) is 0.677. The van der Waals surface area contributed by atoms with Gasteiger partial charge in [-0.15, -0.1) is 0 Å². The van der Waals surface area contributed by atoms with Gasteiger partial charge in [0.15, 0.2) is 0 Å². The molecule has 0 amide bonds. The second-order valence-corrected chi connectivity index (χ2v) is 4.82. The zero-order valence-electron chi connectivity index (χ0n) is 7.88. The summed E-state index contributed by atoms with van der Waals surface area (Å²) in [5.74, 6) is 1.74. The number of rotatable bonds is 2. The van der Waals surface area contributed by atoms with Crippen LogP contribution in [0.4, 0.5) is 4.39 Å². The van der Waals surface area contributed by atoms with E-state index in [-0.39, 0.29) is 0 Å². The first kappa shape index (κ1) is 8.18. The normalized spacial score (nSPS) is 49.6. The Kier molecular flexibility index (Phi) is 1.84. The van der Waals surface area contributed by atoms with Crippen LogP contribution in [0.2, 0.25) is 0 Å². The smallest absolute Gasteiger partial charge is 0.114 e. The van der Waals surface area contributed by atoms with Crippen molar-refractivity contribution in [3.05, 3.63) is 0 Å². The third-order valence-electron chi connectivity index (χ3n) is 4.01. The van der Waals surface area contributed by atoms with E-state index in [9.17, 15) is 4.39 Å². The van der Waals surface area contributed by atoms with Crippen LogP contribution in [0.5, 0.6) is 0 Å². The monoisotopic (exact) mass is 184 g/mol. The summed E-state index contributed by atoms with van der Waals surface area (Å²) in [6.07, 6.45) is 1.58. The summed E-state index contributed by atoms with van der Waals surface area (Å²) in [5.41, 5.74) is 0. The minimum absolute atomic E-state index is 0.550. The molecule has 3 aliphatic heterocycles. The Labute approximate surface area is 78.5 Å². The minimum atomic E-state index is -0.550. The molecule has 4 unspecified atom stereocenters. The van der Waals surface area contributed by atoms with E-state index in [0.717, 1.165) is 37.4 Å². The van der Waals surface area contributed by atoms with Gasteiger partial charge < -0.3 is 5.32 Å². The van der Waals surface area contributed by atoms with Crippen LogP contribution in [-0.2, 0) is 0 Å². The van der Waals surface area contributed by atoms with Crippen LogP contribution in [0.1, 0.15) is 12.8 Å². The van der Waals surface area contributed by atoms with Crippen LogP contribution < -0.4 is 5.32 Å². The van der Waals surface area contributed by atoms with Gasteiger partial charge in [-0.1, -0.05) is 0 Å². The first-order valence-electron chi connectivity index (χ1n) is 5.43. The van der Waals surface area contributed by atoms with Crippen molar-refractivity contribution in [3.63, 3.8) is 0 Å². The lowest BCUT2D eigenvalue weighted by atomic mass is 9.74. The average Bonchev–Trinajstić information content (AvgIpc) is 2.73. The van der Waals surface area contributed by atoms with E-state index in [1.165, 1.54) is 13.0 Å². The second kappa shape index (κ2) is 2.92. The molecule has 3 heteroatoms. The third-order valence-corrected chi connectivity index (χ3v) is 4.01. The number of hydrogen-bond acceptors (Lipinski definition) is 2. The van der Waals surface area contributed by atoms with Gasteiger partial charge in [-0.05, 0) is 31.2 Å². The maximum atomic E-state index is 12.9. The fraction of sp³-hybridized carbons (Fsp3) is 1.00. The molecule has 4 atom stereocenters. The molecule has 2 nitrogen and oxygen atoms in total. The summed E-state index contributed by atoms with van der Waals surface area (Å²) < 4.78 is 12.9. The van der Waals surface area contributed by atoms with Gasteiger partial charge in [-0.2, -0.15) is 0 Å². The minimum Gasteiger partial charge on any atom is -0.313 e. The molecular formula is C10H17FN2. The van der Waals surface area contributed by atoms with Crippen LogP contribution >= 0.6 is 0 Å². The van der Waals surface area contributed by atoms with Crippen LogP contribution in [0, 0.1) is 11.8 Å². The summed E-state index contributed by atoms with van der Waals surface area (Å²) in [7, 11) is 0. The summed E-state index contributed by atoms with van der Waals surface area (Å²) in [6, 6.07) is 0.767. The molecule has 0 spiro atoms. The molecule has 3 heterocycles. The molecule has 74 valence electrons. The molecule has 3 saturated heterocycles. The second-order valence-electron chi connectivity index (χ2n) is 4.82. The number of hydrogen-bond donors (Lipinski definition) is 1. The van der Waals surface area contributed by atoms with Gasteiger partial charge in [0, 0.05) is 25.7 Å². The van der Waals surface area contributed by atoms with Crippen molar-refractivity contribution >= 4 is 0 Å². The standard InChI is InChI=1S/C10H17FN2/c11-8-1-2-13(5-8)6-9-7-3-10(9)12-4-7/h7-10,12H,1-6H2. The van der Waals surface area contributed by atoms with Gasteiger partial charge >= 0.3 is 0 Å². The maximum absolute atomic E-state index is 12.9. The molecule has 0 radical (unpaired) electrons. The molecule has 4 aliphatic rings. The highest BCUT2D eigenvalue weighted by molar-refractivity contribution is 5.03. The van der Waals surface area contributed by atoms with Gasteiger partial charge in [0.25, 0.3) is 0 Å². The van der Waals surface area contributed by atoms with Gasteiger partial charge in [0.2, 0.25) is 0 Å². The van der Waals surface area contributed by atoms with Crippen molar-refractivity contribution in [1.29, 1.82) is 0 Å². The van der Waals surface area contributed by atoms with Crippen molar-refractivity contribution in [1.82, 2.24) is 10.2 Å². The summed E-state index contributed by atoms with van der Waals surface area (Å²) in [5, 5.41) is 3.51. The van der Waals surface area contributed by atoms with E-state index in [1.54, 1.807) is 0 Å². The molecule has 13 heavy (non-hydrogen) atoms. The highest BCUT2D eigenvalue weighted by Gasteiger charge is 2.47. The summed E-state index contributed by atoms with van der Waals surface area (Å²) in [6.45, 7) is 4.03. The van der Waals surface area contributed by atoms with Gasteiger partial charge in [0.1, 0.15) is 6.17 Å². The summed E-state index contributed by atoms with van der Waals surface area (Å²) >= 11 is 0. The van der Waals surface area contributed by atoms with Crippen LogP contribution in [0.15, 0.2) is 0 Å². The first-order valence-corrected chi connectivity index (χ1v) is 5.43. The van der Waals surface area contributed by atoms with Gasteiger partial charge in [-0.3, -0.25) is 4.90 Å². The topological polar surface area (TPSA) is 15.3 Å². The van der Waals surface area contributed by atoms with E-state index in [2.05, 4.69) is 10.2 Å². The van der Waals surface area contributed by atoms with E-state index in [4.69, 9.17) is 0 Å². The predicted octanol–water partition coefficient (Wildman–Crippen LogP) is 0.638. The van der Waals surface area contributed by atoms with Crippen molar-refractivity contribution < 1.29 is 4.39 Å². The van der Waals surface area contributed by atoms with Crippen LogP contribution in [-0.4, -0.2) is 43.3 Å². The molecule has 4 rings (SSSR count). The summed E-state index contributed by atoms with van der Waals surface area (Å²) in [4.78, 5) is 2.31. The number of alkyl halides is 1. The highest BCUT2D eigenvalue weighted by atomic mass is 19.1. The number of halogens is 1. The van der Waals surface area contributed by atoms with Crippen molar-refractivity contribution in [2.45, 2.75) is 25.1 Å². The maximum Gasteiger partial charge on any atom is 0.114 e. The molecule has 4 fully saturated rings. The van der Waals surface area contributed by atoms with Crippen molar-refractivity contribution in [2.24, 2.45) is 11.8 Å². The van der Waals surface area contributed by atoms with Crippen molar-refractivity contribution in [2.75, 3.05) is 26.2 Å². The fourth-order valence-electron chi connectivity index (χ4n) is 3.11. The Morgan fingerprint density at radius 3 is 2.92 bits per heavy atom. The number of nitrogens with zero attached hydrogens (tertiary/aromatic N) is 1. The fourth-order valence-corrected chi connectivity index (χ4v) is 3.11. The Morgan fingerprint density at radius 1 is 1.46 bits per heavy atom. The van der Waals surface area contributed by atoms with E-state index in [1.807, 2.05) is 0 Å². The predicted molar refractivity (Wildman–Crippen MR) is 49.3 cm³/mol. The SMILES string of the molecule is FC1CCN(CC2C3CNC2C3)C1. The zero-order valence-corrected chi connectivity index (χ0v) is 7.88. The Morgan fingerprint density at radius 2 is 2.38 bits per heavy atom. The van der Waals surface area contributed by atoms with Gasteiger partial charge in [-0.25, -0.2) is 4.39 Å².